The second kappa shape index (κ2) is 6.59. The van der Waals surface area contributed by atoms with Gasteiger partial charge in [0.15, 0.2) is 0 Å². The van der Waals surface area contributed by atoms with Gasteiger partial charge in [-0.25, -0.2) is 4.39 Å². The topological polar surface area (TPSA) is 41.5 Å². The Hall–Kier alpha value is -1.78. The average Bonchev–Trinajstić information content (AvgIpc) is 2.46. The molecule has 0 bridgehead atoms. The fraction of sp³-hybridized carbons (Fsp3) is 0.200. The number of aliphatic hydroxyl groups is 1. The molecule has 5 heteroatoms. The summed E-state index contributed by atoms with van der Waals surface area (Å²) in [5.41, 5.74) is 1.31. The number of anilines is 1. The molecule has 20 heavy (non-hydrogen) atoms. The third-order valence-corrected chi connectivity index (χ3v) is 3.21. The van der Waals surface area contributed by atoms with E-state index in [-0.39, 0.29) is 11.6 Å². The molecule has 1 atom stereocenters. The third kappa shape index (κ3) is 3.62. The number of ether oxygens (including phenoxy) is 1. The maximum absolute atomic E-state index is 12.9. The molecule has 1 unspecified atom stereocenters. The van der Waals surface area contributed by atoms with Gasteiger partial charge in [-0.2, -0.15) is 0 Å². The second-order valence-corrected chi connectivity index (χ2v) is 4.70. The van der Waals surface area contributed by atoms with Crippen LogP contribution in [-0.2, 0) is 0 Å². The monoisotopic (exact) mass is 295 g/mol. The van der Waals surface area contributed by atoms with E-state index in [4.69, 9.17) is 16.3 Å². The maximum atomic E-state index is 12.9. The molecule has 106 valence electrons. The quantitative estimate of drug-likeness (QED) is 0.885. The molecule has 0 aliphatic carbocycles. The first-order chi connectivity index (χ1) is 9.60. The van der Waals surface area contributed by atoms with Gasteiger partial charge in [0.05, 0.1) is 23.9 Å². The van der Waals surface area contributed by atoms with Gasteiger partial charge < -0.3 is 15.2 Å². The van der Waals surface area contributed by atoms with E-state index in [1.165, 1.54) is 18.2 Å². The first kappa shape index (κ1) is 14.6. The Morgan fingerprint density at radius 2 is 2.10 bits per heavy atom. The Bertz CT molecular complexity index is 592. The lowest BCUT2D eigenvalue weighted by Crippen LogP contribution is -2.12. The predicted octanol–water partition coefficient (Wildman–Crippen LogP) is 3.63. The fourth-order valence-electron chi connectivity index (χ4n) is 1.81. The van der Waals surface area contributed by atoms with Crippen molar-refractivity contribution in [1.82, 2.24) is 0 Å². The molecule has 0 amide bonds. The summed E-state index contributed by atoms with van der Waals surface area (Å²) < 4.78 is 18.0. The van der Waals surface area contributed by atoms with Gasteiger partial charge in [0.1, 0.15) is 11.6 Å². The van der Waals surface area contributed by atoms with E-state index >= 15 is 0 Å². The molecule has 2 rings (SSSR count). The van der Waals surface area contributed by atoms with Crippen molar-refractivity contribution in [2.24, 2.45) is 0 Å². The lowest BCUT2D eigenvalue weighted by atomic mass is 10.1. The number of aliphatic hydroxyl groups excluding tert-OH is 1. The number of benzene rings is 2. The summed E-state index contributed by atoms with van der Waals surface area (Å²) in [6.07, 6.45) is -0.716. The van der Waals surface area contributed by atoms with Crippen molar-refractivity contribution >= 4 is 17.3 Å². The minimum absolute atomic E-state index is 0.262. The van der Waals surface area contributed by atoms with Crippen LogP contribution in [0, 0.1) is 5.82 Å². The molecule has 2 N–H and O–H groups in total. The Balaban J connectivity index is 2.02. The zero-order chi connectivity index (χ0) is 14.5. The highest BCUT2D eigenvalue weighted by Crippen LogP contribution is 2.24. The second-order valence-electron chi connectivity index (χ2n) is 4.30. The molecule has 0 aliphatic heterocycles. The van der Waals surface area contributed by atoms with Gasteiger partial charge in [-0.05, 0) is 35.9 Å². The van der Waals surface area contributed by atoms with Gasteiger partial charge >= 0.3 is 0 Å². The third-order valence-electron chi connectivity index (χ3n) is 2.90. The summed E-state index contributed by atoms with van der Waals surface area (Å²) in [6.45, 7) is 0.262. The minimum atomic E-state index is -0.716. The molecular weight excluding hydrogens is 281 g/mol. The largest absolute Gasteiger partial charge is 0.497 e. The summed E-state index contributed by atoms with van der Waals surface area (Å²) in [7, 11) is 1.57. The molecule has 0 radical (unpaired) electrons. The van der Waals surface area contributed by atoms with Crippen LogP contribution in [0.15, 0.2) is 42.5 Å². The zero-order valence-corrected chi connectivity index (χ0v) is 11.7. The summed E-state index contributed by atoms with van der Waals surface area (Å²) >= 11 is 5.90. The molecule has 0 saturated heterocycles. The Morgan fingerprint density at radius 3 is 2.80 bits per heavy atom. The fourth-order valence-corrected chi connectivity index (χ4v) is 2.04. The number of nitrogens with one attached hydrogen (secondary N) is 1. The number of hydrogen-bond donors (Lipinski definition) is 2. The van der Waals surface area contributed by atoms with Gasteiger partial charge in [0, 0.05) is 6.54 Å². The lowest BCUT2D eigenvalue weighted by Gasteiger charge is -2.14. The van der Waals surface area contributed by atoms with Crippen LogP contribution >= 0.6 is 11.6 Å². The number of hydrogen-bond acceptors (Lipinski definition) is 3. The van der Waals surface area contributed by atoms with Crippen molar-refractivity contribution < 1.29 is 14.2 Å². The van der Waals surface area contributed by atoms with E-state index in [2.05, 4.69) is 5.32 Å². The minimum Gasteiger partial charge on any atom is -0.497 e. The summed E-state index contributed by atoms with van der Waals surface area (Å²) in [5.74, 6) is 0.287. The van der Waals surface area contributed by atoms with Crippen LogP contribution in [0.1, 0.15) is 11.7 Å². The molecular formula is C15H15ClFNO2. The van der Waals surface area contributed by atoms with E-state index in [0.29, 0.717) is 11.4 Å². The van der Waals surface area contributed by atoms with Crippen LogP contribution in [0.25, 0.3) is 0 Å². The number of halogens is 2. The van der Waals surface area contributed by atoms with E-state index in [0.717, 1.165) is 5.56 Å². The first-order valence-corrected chi connectivity index (χ1v) is 6.49. The molecule has 0 spiro atoms. The molecule has 3 nitrogen and oxygen atoms in total. The maximum Gasteiger partial charge on any atom is 0.124 e. The molecule has 2 aromatic carbocycles. The Labute approximate surface area is 122 Å². The predicted molar refractivity (Wildman–Crippen MR) is 77.9 cm³/mol. The van der Waals surface area contributed by atoms with Gasteiger partial charge in [-0.15, -0.1) is 0 Å². The molecule has 0 heterocycles. The Kier molecular flexibility index (Phi) is 4.82. The first-order valence-electron chi connectivity index (χ1n) is 6.11. The summed E-state index contributed by atoms with van der Waals surface area (Å²) in [4.78, 5) is 0. The van der Waals surface area contributed by atoms with E-state index < -0.39 is 11.9 Å². The van der Waals surface area contributed by atoms with E-state index in [9.17, 15) is 9.50 Å². The van der Waals surface area contributed by atoms with Crippen LogP contribution in [0.2, 0.25) is 5.02 Å². The van der Waals surface area contributed by atoms with E-state index in [1.54, 1.807) is 25.3 Å². The lowest BCUT2D eigenvalue weighted by molar-refractivity contribution is 0.191. The molecule has 0 fully saturated rings. The highest BCUT2D eigenvalue weighted by molar-refractivity contribution is 6.33. The van der Waals surface area contributed by atoms with Gasteiger partial charge in [-0.1, -0.05) is 23.7 Å². The highest BCUT2D eigenvalue weighted by Gasteiger charge is 2.09. The number of methoxy groups -OCH3 is 1. The molecule has 0 aromatic heterocycles. The average molecular weight is 296 g/mol. The van der Waals surface area contributed by atoms with Crippen LogP contribution in [0.3, 0.4) is 0 Å². The summed E-state index contributed by atoms with van der Waals surface area (Å²) in [5, 5.41) is 13.4. The van der Waals surface area contributed by atoms with Crippen molar-refractivity contribution in [1.29, 1.82) is 0 Å². The smallest absolute Gasteiger partial charge is 0.124 e. The van der Waals surface area contributed by atoms with Crippen LogP contribution in [0.4, 0.5) is 10.1 Å². The van der Waals surface area contributed by atoms with E-state index in [1.807, 2.05) is 6.07 Å². The summed E-state index contributed by atoms with van der Waals surface area (Å²) in [6, 6.07) is 11.3. The van der Waals surface area contributed by atoms with Gasteiger partial charge in [0.25, 0.3) is 0 Å². The van der Waals surface area contributed by atoms with Crippen LogP contribution in [-0.4, -0.2) is 18.8 Å². The number of rotatable bonds is 5. The standard InChI is InChI=1S/C15H15ClFNO2/c1-20-12-4-2-3-10(7-12)15(19)9-18-14-6-5-11(17)8-13(14)16/h2-8,15,18-19H,9H2,1H3. The van der Waals surface area contributed by atoms with Crippen LogP contribution < -0.4 is 10.1 Å². The van der Waals surface area contributed by atoms with Gasteiger partial charge in [0.2, 0.25) is 0 Å². The van der Waals surface area contributed by atoms with Gasteiger partial charge in [-0.3, -0.25) is 0 Å². The van der Waals surface area contributed by atoms with Crippen molar-refractivity contribution in [2.75, 3.05) is 19.0 Å². The molecule has 0 aliphatic rings. The Morgan fingerprint density at radius 1 is 1.30 bits per heavy atom. The molecule has 0 saturated carbocycles. The zero-order valence-electron chi connectivity index (χ0n) is 10.9. The van der Waals surface area contributed by atoms with Crippen molar-refractivity contribution in [3.63, 3.8) is 0 Å². The molecule has 2 aromatic rings. The van der Waals surface area contributed by atoms with Crippen molar-refractivity contribution in [3.8, 4) is 5.75 Å². The SMILES string of the molecule is COc1cccc(C(O)CNc2ccc(F)cc2Cl)c1. The van der Waals surface area contributed by atoms with Crippen LogP contribution in [0.5, 0.6) is 5.75 Å². The highest BCUT2D eigenvalue weighted by atomic mass is 35.5. The van der Waals surface area contributed by atoms with Crippen molar-refractivity contribution in [2.45, 2.75) is 6.10 Å². The van der Waals surface area contributed by atoms with Crippen molar-refractivity contribution in [3.05, 3.63) is 58.9 Å². The normalized spacial score (nSPS) is 12.0.